The minimum atomic E-state index is -1.33. The summed E-state index contributed by atoms with van der Waals surface area (Å²) in [4.78, 5) is 90.5. The lowest BCUT2D eigenvalue weighted by atomic mass is 9.74. The van der Waals surface area contributed by atoms with Crippen molar-refractivity contribution in [1.82, 2.24) is 10.6 Å². The summed E-state index contributed by atoms with van der Waals surface area (Å²) in [5.41, 5.74) is 5.42. The average Bonchev–Trinajstić information content (AvgIpc) is 3.31. The zero-order valence-electron chi connectivity index (χ0n) is 42.1. The molecule has 5 rings (SSSR count). The van der Waals surface area contributed by atoms with E-state index in [0.717, 1.165) is 32.1 Å². The molecule has 0 aromatic heterocycles. The van der Waals surface area contributed by atoms with Crippen LogP contribution in [0.3, 0.4) is 0 Å². The molecule has 2 amide bonds. The molecule has 0 radical (unpaired) electrons. The highest BCUT2D eigenvalue weighted by Crippen LogP contribution is 2.42. The first-order valence-electron chi connectivity index (χ1n) is 25.4. The summed E-state index contributed by atoms with van der Waals surface area (Å²) < 4.78 is 67.2. The molecule has 15 atom stereocenters. The van der Waals surface area contributed by atoms with Crippen molar-refractivity contribution in [3.05, 3.63) is 0 Å². The van der Waals surface area contributed by atoms with Crippen LogP contribution in [0.25, 0.3) is 0 Å². The molecule has 3 heterocycles. The molecule has 398 valence electrons. The van der Waals surface area contributed by atoms with Crippen LogP contribution in [0.4, 0.5) is 0 Å². The number of rotatable bonds is 25. The van der Waals surface area contributed by atoms with Crippen LogP contribution in [-0.4, -0.2) is 161 Å². The van der Waals surface area contributed by atoms with E-state index in [-0.39, 0.29) is 62.5 Å². The Labute approximate surface area is 411 Å². The molecular formula is C49H79N3O18. The second-order valence-electron chi connectivity index (χ2n) is 19.3. The Kier molecular flexibility index (Phi) is 23.2. The Morgan fingerprint density at radius 1 is 0.757 bits per heavy atom. The lowest BCUT2D eigenvalue weighted by Gasteiger charge is -2.51. The predicted molar refractivity (Wildman–Crippen MR) is 246 cm³/mol. The van der Waals surface area contributed by atoms with Crippen molar-refractivity contribution in [3.8, 4) is 0 Å². The smallest absolute Gasteiger partial charge is 0.335 e. The Bertz CT molecular complexity index is 1730. The van der Waals surface area contributed by atoms with Gasteiger partial charge in [-0.3, -0.25) is 28.8 Å². The van der Waals surface area contributed by atoms with E-state index in [1.165, 1.54) is 27.7 Å². The van der Waals surface area contributed by atoms with Gasteiger partial charge >= 0.3 is 23.9 Å². The van der Waals surface area contributed by atoms with Crippen LogP contribution in [0.1, 0.15) is 126 Å². The van der Waals surface area contributed by atoms with Gasteiger partial charge in [0.15, 0.2) is 30.9 Å². The molecule has 0 spiro atoms. The molecule has 0 aromatic rings. The first-order valence-corrected chi connectivity index (χ1v) is 25.4. The SMILES string of the molecule is CCC1CC(C(=O)CCCNC(=O)CCOCCOCCN)C[C@@H](O[C@@H]2O[C@@H](COC(C)=O)[C@@H]3OC(=O)[C@@H](CC4CCCCC4)OC3C2NC(C)=O)[C@@H]1O[C@@H]1OC(C)[C@@H](C)[C@H](OC(C)=O)C1OC(C)=O. The highest BCUT2D eigenvalue weighted by molar-refractivity contribution is 5.81. The number of nitrogens with one attached hydrogen (secondary N) is 2. The van der Waals surface area contributed by atoms with Crippen LogP contribution in [0, 0.1) is 23.7 Å². The normalized spacial score (nSPS) is 33.5. The van der Waals surface area contributed by atoms with E-state index in [2.05, 4.69) is 10.6 Å². The zero-order chi connectivity index (χ0) is 50.9. The van der Waals surface area contributed by atoms with Crippen LogP contribution in [0.2, 0.25) is 0 Å². The van der Waals surface area contributed by atoms with E-state index >= 15 is 0 Å². The van der Waals surface area contributed by atoms with Gasteiger partial charge in [-0.15, -0.1) is 0 Å². The molecule has 4 N–H and O–H groups in total. The van der Waals surface area contributed by atoms with Crippen molar-refractivity contribution in [3.63, 3.8) is 0 Å². The molecule has 0 aromatic carbocycles. The van der Waals surface area contributed by atoms with Crippen LogP contribution >= 0.6 is 0 Å². The molecule has 3 saturated heterocycles. The van der Waals surface area contributed by atoms with E-state index in [0.29, 0.717) is 52.0 Å². The Morgan fingerprint density at radius 3 is 2.11 bits per heavy atom. The molecule has 2 saturated carbocycles. The third-order valence-corrected chi connectivity index (χ3v) is 13.9. The van der Waals surface area contributed by atoms with E-state index in [4.69, 9.17) is 57.8 Å². The van der Waals surface area contributed by atoms with Gasteiger partial charge < -0.3 is 68.5 Å². The second kappa shape index (κ2) is 28.4. The molecule has 5 fully saturated rings. The van der Waals surface area contributed by atoms with E-state index in [1.807, 2.05) is 13.8 Å². The lowest BCUT2D eigenvalue weighted by Crippen LogP contribution is -2.70. The summed E-state index contributed by atoms with van der Waals surface area (Å²) in [6.07, 6.45) is -3.98. The van der Waals surface area contributed by atoms with E-state index in [1.54, 1.807) is 6.92 Å². The van der Waals surface area contributed by atoms with Crippen LogP contribution < -0.4 is 16.4 Å². The number of hydrogen-bond acceptors (Lipinski definition) is 19. The predicted octanol–water partition coefficient (Wildman–Crippen LogP) is 2.73. The number of amides is 2. The van der Waals surface area contributed by atoms with Gasteiger partial charge in [0.25, 0.3) is 0 Å². The third kappa shape index (κ3) is 16.9. The van der Waals surface area contributed by atoms with Crippen molar-refractivity contribution in [2.45, 2.75) is 199 Å². The fourth-order valence-electron chi connectivity index (χ4n) is 10.3. The Morgan fingerprint density at radius 2 is 1.46 bits per heavy atom. The maximum Gasteiger partial charge on any atom is 0.335 e. The Hall–Kier alpha value is -3.83. The van der Waals surface area contributed by atoms with Crippen LogP contribution in [0.15, 0.2) is 0 Å². The Balaban J connectivity index is 1.42. The van der Waals surface area contributed by atoms with Gasteiger partial charge in [-0.05, 0) is 44.4 Å². The first kappa shape index (κ1) is 57.1. The van der Waals surface area contributed by atoms with Crippen LogP contribution in [0.5, 0.6) is 0 Å². The van der Waals surface area contributed by atoms with Gasteiger partial charge in [0.05, 0.1) is 44.7 Å². The van der Waals surface area contributed by atoms with E-state index in [9.17, 15) is 33.6 Å². The third-order valence-electron chi connectivity index (χ3n) is 13.9. The van der Waals surface area contributed by atoms with Gasteiger partial charge in [0.2, 0.25) is 11.8 Å². The highest BCUT2D eigenvalue weighted by Gasteiger charge is 2.57. The summed E-state index contributed by atoms with van der Waals surface area (Å²) in [5.74, 6) is -4.22. The van der Waals surface area contributed by atoms with Crippen molar-refractivity contribution < 1.29 is 85.7 Å². The number of Topliss-reactive ketones (excluding diaryl/α,β-unsaturated/α-hetero) is 1. The zero-order valence-corrected chi connectivity index (χ0v) is 42.1. The molecule has 21 nitrogen and oxygen atoms in total. The van der Waals surface area contributed by atoms with Crippen LogP contribution in [-0.2, 0) is 85.7 Å². The molecule has 70 heavy (non-hydrogen) atoms. The standard InChI is InChI=1S/C49H79N3O18/c1-8-34-24-35(36(57)15-12-18-51-40(58)16-19-60-21-22-61-20-17-50)25-37(43(34)70-49-46(65-32(7)56)42(64-31(6)55)27(2)28(3)63-49)67-48-41(52-29(4)53)45-44(39(68-48)26-62-30(5)54)69-47(59)38(66-45)23-33-13-10-9-11-14-33/h27-28,33-35,37-39,41-46,48-49H,8-26,50H2,1-7H3,(H,51,58)(H,52,53)/t27-,28?,34?,35?,37-,38-,39+,41?,42+,43-,44+,45?,46?,48-,49+/m1/s1. The number of ketones is 1. The quantitative estimate of drug-likeness (QED) is 0.0674. The molecule has 3 aliphatic heterocycles. The number of nitrogens with two attached hydrogens (primary N) is 1. The van der Waals surface area contributed by atoms with Gasteiger partial charge in [0, 0.05) is 65.5 Å². The van der Waals surface area contributed by atoms with Gasteiger partial charge in [-0.1, -0.05) is 52.4 Å². The van der Waals surface area contributed by atoms with E-state index < -0.39 is 115 Å². The summed E-state index contributed by atoms with van der Waals surface area (Å²) >= 11 is 0. The van der Waals surface area contributed by atoms with Crippen molar-refractivity contribution >= 4 is 41.5 Å². The second-order valence-corrected chi connectivity index (χ2v) is 19.3. The largest absolute Gasteiger partial charge is 0.463 e. The van der Waals surface area contributed by atoms with Gasteiger partial charge in [0.1, 0.15) is 36.7 Å². The average molecular weight is 998 g/mol. The summed E-state index contributed by atoms with van der Waals surface area (Å²) in [5, 5.41) is 5.78. The summed E-state index contributed by atoms with van der Waals surface area (Å²) in [7, 11) is 0. The number of fused-ring (bicyclic) bond motifs is 1. The highest BCUT2D eigenvalue weighted by atomic mass is 16.7. The number of hydrogen-bond donors (Lipinski definition) is 3. The number of esters is 4. The number of carbonyl (C=O) groups is 7. The molecule has 0 bridgehead atoms. The first-order chi connectivity index (χ1) is 33.5. The maximum atomic E-state index is 14.2. The minimum absolute atomic E-state index is 0.0616. The fraction of sp³-hybridized carbons (Fsp3) is 0.857. The van der Waals surface area contributed by atoms with Crippen molar-refractivity contribution in [1.29, 1.82) is 0 Å². The molecule has 5 aliphatic rings. The van der Waals surface area contributed by atoms with Crippen molar-refractivity contribution in [2.24, 2.45) is 29.4 Å². The van der Waals surface area contributed by atoms with Gasteiger partial charge in [-0.25, -0.2) is 4.79 Å². The summed E-state index contributed by atoms with van der Waals surface area (Å²) in [6, 6.07) is -1.07. The maximum absolute atomic E-state index is 14.2. The molecule has 21 heteroatoms. The molecular weight excluding hydrogens is 919 g/mol. The number of carbonyl (C=O) groups excluding carboxylic acids is 7. The minimum Gasteiger partial charge on any atom is -0.463 e. The molecule has 6 unspecified atom stereocenters. The monoisotopic (exact) mass is 998 g/mol. The fourth-order valence-corrected chi connectivity index (χ4v) is 10.3. The molecule has 2 aliphatic carbocycles. The topological polar surface area (TPSA) is 271 Å². The number of ether oxygens (including phenoxy) is 11. The lowest BCUT2D eigenvalue weighted by molar-refractivity contribution is -0.340. The summed E-state index contributed by atoms with van der Waals surface area (Å²) in [6.45, 7) is 12.3. The van der Waals surface area contributed by atoms with Crippen molar-refractivity contribution in [2.75, 3.05) is 46.1 Å². The van der Waals surface area contributed by atoms with Gasteiger partial charge in [-0.2, -0.15) is 0 Å².